The summed E-state index contributed by atoms with van der Waals surface area (Å²) in [5, 5.41) is 16.2. The number of hydrogen-bond acceptors (Lipinski definition) is 5. The van der Waals surface area contributed by atoms with Gasteiger partial charge < -0.3 is 25.2 Å². The van der Waals surface area contributed by atoms with Crippen LogP contribution in [0.25, 0.3) is 0 Å². The molecule has 0 spiro atoms. The van der Waals surface area contributed by atoms with Crippen LogP contribution in [0.3, 0.4) is 0 Å². The van der Waals surface area contributed by atoms with Crippen LogP contribution < -0.4 is 15.4 Å². The van der Waals surface area contributed by atoms with Crippen LogP contribution >= 0.6 is 23.2 Å². The van der Waals surface area contributed by atoms with Crippen molar-refractivity contribution in [3.63, 3.8) is 0 Å². The molecular weight excluding hydrogens is 331 g/mol. The number of halogens is 2. The van der Waals surface area contributed by atoms with Crippen molar-refractivity contribution in [1.29, 1.82) is 0 Å². The van der Waals surface area contributed by atoms with Gasteiger partial charge in [-0.25, -0.2) is 0 Å². The fourth-order valence-electron chi connectivity index (χ4n) is 1.92. The number of nitrogens with one attached hydrogen (secondary N) is 2. The average Bonchev–Trinajstić information content (AvgIpc) is 2.54. The SMILES string of the molecule is O=C(NC[C@H](O)COc1cccc(Cl)c1Cl)[C@H]1COCCN1. The molecule has 1 saturated heterocycles. The molecule has 8 heteroatoms. The molecule has 0 unspecified atom stereocenters. The van der Waals surface area contributed by atoms with Crippen molar-refractivity contribution in [3.8, 4) is 5.75 Å². The molecule has 1 aromatic carbocycles. The number of carbonyl (C=O) groups excluding carboxylic acids is 1. The third-order valence-electron chi connectivity index (χ3n) is 3.10. The Labute approximate surface area is 138 Å². The lowest BCUT2D eigenvalue weighted by atomic mass is 10.2. The predicted octanol–water partition coefficient (Wildman–Crippen LogP) is 0.838. The third kappa shape index (κ3) is 5.00. The zero-order valence-corrected chi connectivity index (χ0v) is 13.4. The van der Waals surface area contributed by atoms with Gasteiger partial charge in [0, 0.05) is 13.1 Å². The van der Waals surface area contributed by atoms with E-state index in [1.54, 1.807) is 18.2 Å². The van der Waals surface area contributed by atoms with Gasteiger partial charge in [-0.15, -0.1) is 0 Å². The van der Waals surface area contributed by atoms with Crippen molar-refractivity contribution < 1.29 is 19.4 Å². The third-order valence-corrected chi connectivity index (χ3v) is 3.90. The maximum atomic E-state index is 11.8. The van der Waals surface area contributed by atoms with E-state index in [-0.39, 0.29) is 25.1 Å². The van der Waals surface area contributed by atoms with Crippen LogP contribution in [-0.2, 0) is 9.53 Å². The molecule has 1 aliphatic heterocycles. The van der Waals surface area contributed by atoms with E-state index < -0.39 is 6.10 Å². The van der Waals surface area contributed by atoms with Gasteiger partial charge in [0.05, 0.1) is 18.2 Å². The Hall–Kier alpha value is -1.05. The van der Waals surface area contributed by atoms with Crippen LogP contribution in [0, 0.1) is 0 Å². The number of amides is 1. The topological polar surface area (TPSA) is 79.8 Å². The first-order chi connectivity index (χ1) is 10.6. The van der Waals surface area contributed by atoms with E-state index in [2.05, 4.69) is 10.6 Å². The smallest absolute Gasteiger partial charge is 0.239 e. The molecule has 122 valence electrons. The normalized spacial score (nSPS) is 19.5. The second kappa shape index (κ2) is 8.55. The molecular formula is C14H18Cl2N2O4. The molecule has 1 aromatic rings. The van der Waals surface area contributed by atoms with Gasteiger partial charge in [0.15, 0.2) is 0 Å². The largest absolute Gasteiger partial charge is 0.489 e. The van der Waals surface area contributed by atoms with Crippen molar-refractivity contribution in [2.75, 3.05) is 32.9 Å². The number of carbonyl (C=O) groups is 1. The minimum atomic E-state index is -0.858. The van der Waals surface area contributed by atoms with Crippen LogP contribution in [0.1, 0.15) is 0 Å². The Bertz CT molecular complexity index is 510. The highest BCUT2D eigenvalue weighted by molar-refractivity contribution is 6.42. The first-order valence-corrected chi connectivity index (χ1v) is 7.67. The monoisotopic (exact) mass is 348 g/mol. The lowest BCUT2D eigenvalue weighted by molar-refractivity contribution is -0.126. The maximum absolute atomic E-state index is 11.8. The molecule has 0 aliphatic carbocycles. The lowest BCUT2D eigenvalue weighted by Gasteiger charge is -2.23. The number of aliphatic hydroxyl groups is 1. The molecule has 1 amide bonds. The van der Waals surface area contributed by atoms with Gasteiger partial charge in [-0.2, -0.15) is 0 Å². The summed E-state index contributed by atoms with van der Waals surface area (Å²) in [6.07, 6.45) is -0.858. The van der Waals surface area contributed by atoms with E-state index in [4.69, 9.17) is 32.7 Å². The van der Waals surface area contributed by atoms with Gasteiger partial charge in [-0.3, -0.25) is 4.79 Å². The van der Waals surface area contributed by atoms with Crippen LogP contribution in [0.4, 0.5) is 0 Å². The zero-order valence-electron chi connectivity index (χ0n) is 11.9. The van der Waals surface area contributed by atoms with Crippen LogP contribution in [0.2, 0.25) is 10.0 Å². The lowest BCUT2D eigenvalue weighted by Crippen LogP contribution is -2.52. The van der Waals surface area contributed by atoms with Gasteiger partial charge in [0.2, 0.25) is 5.91 Å². The Kier molecular flexibility index (Phi) is 6.72. The van der Waals surface area contributed by atoms with Crippen molar-refractivity contribution in [2.45, 2.75) is 12.1 Å². The molecule has 1 heterocycles. The first kappa shape index (κ1) is 17.3. The number of benzene rings is 1. The summed E-state index contributed by atoms with van der Waals surface area (Å²) in [6, 6.07) is 4.62. The highest BCUT2D eigenvalue weighted by Crippen LogP contribution is 2.31. The first-order valence-electron chi connectivity index (χ1n) is 6.91. The van der Waals surface area contributed by atoms with E-state index in [0.29, 0.717) is 35.6 Å². The molecule has 0 saturated carbocycles. The molecule has 22 heavy (non-hydrogen) atoms. The van der Waals surface area contributed by atoms with Crippen molar-refractivity contribution in [3.05, 3.63) is 28.2 Å². The molecule has 6 nitrogen and oxygen atoms in total. The fourth-order valence-corrected chi connectivity index (χ4v) is 2.26. The Morgan fingerprint density at radius 2 is 2.36 bits per heavy atom. The summed E-state index contributed by atoms with van der Waals surface area (Å²) < 4.78 is 10.6. The Morgan fingerprint density at radius 3 is 3.09 bits per heavy atom. The summed E-state index contributed by atoms with van der Waals surface area (Å²) in [6.45, 7) is 1.64. The van der Waals surface area contributed by atoms with Gasteiger partial charge in [0.1, 0.15) is 29.5 Å². The minimum absolute atomic E-state index is 0.00502. The number of morpholine rings is 1. The predicted molar refractivity (Wildman–Crippen MR) is 83.6 cm³/mol. The molecule has 3 N–H and O–H groups in total. The van der Waals surface area contributed by atoms with Crippen LogP contribution in [0.15, 0.2) is 18.2 Å². The molecule has 2 rings (SSSR count). The molecule has 1 aliphatic rings. The molecule has 2 atom stereocenters. The molecule has 1 fully saturated rings. The van der Waals surface area contributed by atoms with Gasteiger partial charge >= 0.3 is 0 Å². The van der Waals surface area contributed by atoms with Gasteiger partial charge in [0.25, 0.3) is 0 Å². The molecule has 0 radical (unpaired) electrons. The van der Waals surface area contributed by atoms with Crippen molar-refractivity contribution >= 4 is 29.1 Å². The zero-order chi connectivity index (χ0) is 15.9. The number of rotatable bonds is 6. The number of aliphatic hydroxyl groups excluding tert-OH is 1. The number of hydrogen-bond donors (Lipinski definition) is 3. The summed E-state index contributed by atoms with van der Waals surface area (Å²) in [7, 11) is 0. The van der Waals surface area contributed by atoms with E-state index in [1.165, 1.54) is 0 Å². The van der Waals surface area contributed by atoms with Crippen molar-refractivity contribution in [1.82, 2.24) is 10.6 Å². The summed E-state index contributed by atoms with van der Waals surface area (Å²) in [4.78, 5) is 11.8. The summed E-state index contributed by atoms with van der Waals surface area (Å²) in [5.41, 5.74) is 0. The Morgan fingerprint density at radius 1 is 1.55 bits per heavy atom. The second-order valence-corrected chi connectivity index (χ2v) is 5.63. The van der Waals surface area contributed by atoms with Crippen LogP contribution in [-0.4, -0.2) is 56.1 Å². The minimum Gasteiger partial charge on any atom is -0.489 e. The van der Waals surface area contributed by atoms with E-state index in [9.17, 15) is 9.90 Å². The van der Waals surface area contributed by atoms with E-state index >= 15 is 0 Å². The highest BCUT2D eigenvalue weighted by Gasteiger charge is 2.21. The van der Waals surface area contributed by atoms with Crippen molar-refractivity contribution in [2.24, 2.45) is 0 Å². The fraction of sp³-hybridized carbons (Fsp3) is 0.500. The average molecular weight is 349 g/mol. The number of ether oxygens (including phenoxy) is 2. The van der Waals surface area contributed by atoms with Crippen LogP contribution in [0.5, 0.6) is 5.75 Å². The van der Waals surface area contributed by atoms with E-state index in [1.807, 2.05) is 0 Å². The van der Waals surface area contributed by atoms with Gasteiger partial charge in [-0.1, -0.05) is 29.3 Å². The maximum Gasteiger partial charge on any atom is 0.239 e. The standard InChI is InChI=1S/C14H18Cl2N2O4/c15-10-2-1-3-12(13(10)16)22-7-9(19)6-18-14(20)11-8-21-5-4-17-11/h1-3,9,11,17,19H,4-8H2,(H,18,20)/t9-,11+/m0/s1. The molecule has 0 bridgehead atoms. The quantitative estimate of drug-likeness (QED) is 0.709. The highest BCUT2D eigenvalue weighted by atomic mass is 35.5. The summed E-state index contributed by atoms with van der Waals surface area (Å²) >= 11 is 11.8. The summed E-state index contributed by atoms with van der Waals surface area (Å²) in [5.74, 6) is 0.182. The van der Waals surface area contributed by atoms with Gasteiger partial charge in [-0.05, 0) is 12.1 Å². The second-order valence-electron chi connectivity index (χ2n) is 4.84. The molecule has 0 aromatic heterocycles. The van der Waals surface area contributed by atoms with E-state index in [0.717, 1.165) is 0 Å². The Balaban J connectivity index is 1.72.